The summed E-state index contributed by atoms with van der Waals surface area (Å²) in [6, 6.07) is 6.31. The largest absolute Gasteiger partial charge is 0.320 e. The van der Waals surface area contributed by atoms with Gasteiger partial charge >= 0.3 is 0 Å². The van der Waals surface area contributed by atoms with Gasteiger partial charge in [0.15, 0.2) is 0 Å². The third-order valence-corrected chi connectivity index (χ3v) is 3.51. The van der Waals surface area contributed by atoms with Crippen molar-refractivity contribution in [1.29, 1.82) is 0 Å². The van der Waals surface area contributed by atoms with Crippen LogP contribution in [-0.4, -0.2) is 4.98 Å². The fourth-order valence-corrected chi connectivity index (χ4v) is 2.15. The van der Waals surface area contributed by atoms with E-state index in [4.69, 9.17) is 5.73 Å². The molecule has 78 valence electrons. The van der Waals surface area contributed by atoms with E-state index in [1.807, 2.05) is 11.7 Å². The minimum absolute atomic E-state index is 0.0446. The summed E-state index contributed by atoms with van der Waals surface area (Å²) in [5, 5.41) is 0. The van der Waals surface area contributed by atoms with Crippen molar-refractivity contribution in [3.8, 4) is 0 Å². The average Bonchev–Trinajstić information content (AvgIpc) is 2.74. The summed E-state index contributed by atoms with van der Waals surface area (Å²) < 4.78 is 0. The zero-order valence-electron chi connectivity index (χ0n) is 8.90. The second kappa shape index (κ2) is 4.13. The first-order valence-corrected chi connectivity index (χ1v) is 5.77. The summed E-state index contributed by atoms with van der Waals surface area (Å²) in [5.41, 5.74) is 11.7. The molecular formula is C12H14N2S. The van der Waals surface area contributed by atoms with Gasteiger partial charge in [-0.3, -0.25) is 4.98 Å². The number of thiazole rings is 1. The molecule has 2 nitrogen and oxygen atoms in total. The highest BCUT2D eigenvalue weighted by molar-refractivity contribution is 7.09. The Balaban J connectivity index is 2.34. The fourth-order valence-electron chi connectivity index (χ4n) is 1.50. The summed E-state index contributed by atoms with van der Waals surface area (Å²) in [6.07, 6.45) is 1.84. The van der Waals surface area contributed by atoms with Gasteiger partial charge in [0.25, 0.3) is 0 Å². The van der Waals surface area contributed by atoms with Gasteiger partial charge in [-0.2, -0.15) is 0 Å². The first kappa shape index (κ1) is 10.3. The molecule has 0 spiro atoms. The maximum atomic E-state index is 6.15. The lowest BCUT2D eigenvalue weighted by atomic mass is 10.0. The van der Waals surface area contributed by atoms with Gasteiger partial charge in [-0.25, -0.2) is 0 Å². The third kappa shape index (κ3) is 2.08. The first-order valence-electron chi connectivity index (χ1n) is 4.89. The van der Waals surface area contributed by atoms with Crippen molar-refractivity contribution in [2.75, 3.05) is 0 Å². The number of hydrogen-bond donors (Lipinski definition) is 1. The Kier molecular flexibility index (Phi) is 2.84. The summed E-state index contributed by atoms with van der Waals surface area (Å²) in [4.78, 5) is 5.16. The van der Waals surface area contributed by atoms with E-state index in [-0.39, 0.29) is 6.04 Å². The van der Waals surface area contributed by atoms with Crippen molar-refractivity contribution in [2.24, 2.45) is 5.73 Å². The molecule has 0 saturated carbocycles. The molecule has 0 saturated heterocycles. The van der Waals surface area contributed by atoms with Gasteiger partial charge < -0.3 is 5.73 Å². The van der Waals surface area contributed by atoms with Crippen LogP contribution in [-0.2, 0) is 0 Å². The average molecular weight is 218 g/mol. The molecule has 0 amide bonds. The van der Waals surface area contributed by atoms with Gasteiger partial charge in [0.05, 0.1) is 11.6 Å². The Bertz CT molecular complexity index is 449. The van der Waals surface area contributed by atoms with E-state index in [1.54, 1.807) is 11.3 Å². The molecule has 0 bridgehead atoms. The third-order valence-electron chi connectivity index (χ3n) is 2.65. The molecule has 3 heteroatoms. The summed E-state index contributed by atoms with van der Waals surface area (Å²) in [6.45, 7) is 4.22. The van der Waals surface area contributed by atoms with Crippen LogP contribution in [0.5, 0.6) is 0 Å². The lowest BCUT2D eigenvalue weighted by Crippen LogP contribution is -2.10. The quantitative estimate of drug-likeness (QED) is 0.841. The Hall–Kier alpha value is -1.19. The van der Waals surface area contributed by atoms with Gasteiger partial charge in [-0.15, -0.1) is 11.3 Å². The Morgan fingerprint density at radius 3 is 2.67 bits per heavy atom. The van der Waals surface area contributed by atoms with Crippen molar-refractivity contribution in [3.05, 3.63) is 51.5 Å². The van der Waals surface area contributed by atoms with E-state index < -0.39 is 0 Å². The van der Waals surface area contributed by atoms with Gasteiger partial charge in [0.2, 0.25) is 0 Å². The molecular weight excluding hydrogens is 204 g/mol. The van der Waals surface area contributed by atoms with Crippen LogP contribution in [0.25, 0.3) is 0 Å². The van der Waals surface area contributed by atoms with E-state index in [0.717, 1.165) is 10.4 Å². The van der Waals surface area contributed by atoms with Gasteiger partial charge in [-0.05, 0) is 30.5 Å². The van der Waals surface area contributed by atoms with Crippen molar-refractivity contribution < 1.29 is 0 Å². The number of rotatable bonds is 2. The predicted octanol–water partition coefficient (Wildman–Crippen LogP) is 2.81. The molecule has 0 aliphatic rings. The minimum Gasteiger partial charge on any atom is -0.320 e. The summed E-state index contributed by atoms with van der Waals surface area (Å²) in [7, 11) is 0. The standard InChI is InChI=1S/C12H14N2S/c1-8-3-4-10(5-9(8)2)12(13)11-6-14-7-15-11/h3-7,12H,13H2,1-2H3. The molecule has 1 heterocycles. The Morgan fingerprint density at radius 2 is 2.07 bits per heavy atom. The normalized spacial score (nSPS) is 12.7. The Labute approximate surface area is 93.8 Å². The van der Waals surface area contributed by atoms with Crippen LogP contribution in [0.3, 0.4) is 0 Å². The molecule has 0 fully saturated rings. The second-order valence-corrected chi connectivity index (χ2v) is 4.64. The molecule has 2 rings (SSSR count). The topological polar surface area (TPSA) is 38.9 Å². The molecule has 2 N–H and O–H groups in total. The molecule has 0 radical (unpaired) electrons. The van der Waals surface area contributed by atoms with E-state index in [1.165, 1.54) is 11.1 Å². The van der Waals surface area contributed by atoms with Gasteiger partial charge in [0, 0.05) is 11.1 Å². The van der Waals surface area contributed by atoms with Crippen molar-refractivity contribution in [1.82, 2.24) is 4.98 Å². The molecule has 1 aromatic heterocycles. The van der Waals surface area contributed by atoms with E-state index in [2.05, 4.69) is 37.0 Å². The van der Waals surface area contributed by atoms with Crippen LogP contribution in [0.4, 0.5) is 0 Å². The highest BCUT2D eigenvalue weighted by atomic mass is 32.1. The van der Waals surface area contributed by atoms with Crippen molar-refractivity contribution in [2.45, 2.75) is 19.9 Å². The smallest absolute Gasteiger partial charge is 0.0794 e. The predicted molar refractivity (Wildman–Crippen MR) is 64.1 cm³/mol. The zero-order chi connectivity index (χ0) is 10.8. The van der Waals surface area contributed by atoms with E-state index in [0.29, 0.717) is 0 Å². The zero-order valence-corrected chi connectivity index (χ0v) is 9.71. The SMILES string of the molecule is Cc1ccc(C(N)c2cncs2)cc1C. The lowest BCUT2D eigenvalue weighted by Gasteiger charge is -2.11. The minimum atomic E-state index is -0.0446. The van der Waals surface area contributed by atoms with E-state index in [9.17, 15) is 0 Å². The summed E-state index contributed by atoms with van der Waals surface area (Å²) in [5.74, 6) is 0. The van der Waals surface area contributed by atoms with Crippen LogP contribution in [0, 0.1) is 13.8 Å². The molecule has 2 aromatic rings. The fraction of sp³-hybridized carbons (Fsp3) is 0.250. The number of hydrogen-bond acceptors (Lipinski definition) is 3. The van der Waals surface area contributed by atoms with Crippen molar-refractivity contribution >= 4 is 11.3 Å². The molecule has 15 heavy (non-hydrogen) atoms. The van der Waals surface area contributed by atoms with Crippen LogP contribution < -0.4 is 5.73 Å². The number of nitrogens with two attached hydrogens (primary N) is 1. The number of nitrogens with zero attached hydrogens (tertiary/aromatic N) is 1. The van der Waals surface area contributed by atoms with Crippen molar-refractivity contribution in [3.63, 3.8) is 0 Å². The molecule has 0 aliphatic heterocycles. The molecule has 1 unspecified atom stereocenters. The van der Waals surface area contributed by atoms with Gasteiger partial charge in [0.1, 0.15) is 0 Å². The summed E-state index contributed by atoms with van der Waals surface area (Å²) >= 11 is 1.60. The maximum Gasteiger partial charge on any atom is 0.0794 e. The lowest BCUT2D eigenvalue weighted by molar-refractivity contribution is 0.886. The van der Waals surface area contributed by atoms with Crippen LogP contribution in [0.1, 0.15) is 27.6 Å². The van der Waals surface area contributed by atoms with Gasteiger partial charge in [-0.1, -0.05) is 18.2 Å². The monoisotopic (exact) mass is 218 g/mol. The van der Waals surface area contributed by atoms with Crippen LogP contribution in [0.15, 0.2) is 29.9 Å². The number of benzene rings is 1. The van der Waals surface area contributed by atoms with Crippen LogP contribution in [0.2, 0.25) is 0 Å². The maximum absolute atomic E-state index is 6.15. The van der Waals surface area contributed by atoms with E-state index >= 15 is 0 Å². The highest BCUT2D eigenvalue weighted by Crippen LogP contribution is 2.23. The second-order valence-electron chi connectivity index (χ2n) is 3.73. The number of aromatic nitrogens is 1. The molecule has 1 aromatic carbocycles. The first-order chi connectivity index (χ1) is 7.18. The molecule has 0 aliphatic carbocycles. The van der Waals surface area contributed by atoms with Crippen LogP contribution >= 0.6 is 11.3 Å². The molecule has 1 atom stereocenters. The number of aryl methyl sites for hydroxylation is 2. The Morgan fingerprint density at radius 1 is 1.27 bits per heavy atom. The highest BCUT2D eigenvalue weighted by Gasteiger charge is 2.10.